The number of hydrogen-bond donors (Lipinski definition) is 0. The number of halogens is 2. The molecule has 0 fully saturated rings. The predicted octanol–water partition coefficient (Wildman–Crippen LogP) is 5.12. The number of Topliss-reactive ketones (excluding diaryl/α,β-unsaturated/α-hetero) is 1. The van der Waals surface area contributed by atoms with Gasteiger partial charge in [0, 0.05) is 15.1 Å². The summed E-state index contributed by atoms with van der Waals surface area (Å²) < 4.78 is 6.92. The Balaban J connectivity index is 1.99. The molecule has 2 aromatic carbocycles. The van der Waals surface area contributed by atoms with Crippen LogP contribution >= 0.6 is 27.5 Å². The minimum Gasteiger partial charge on any atom is -0.484 e. The van der Waals surface area contributed by atoms with E-state index in [-0.39, 0.29) is 11.9 Å². The lowest BCUT2D eigenvalue weighted by Crippen LogP contribution is -2.20. The molecule has 1 aliphatic heterocycles. The first-order valence-corrected chi connectivity index (χ1v) is 7.47. The molecule has 1 heterocycles. The van der Waals surface area contributed by atoms with Crippen molar-refractivity contribution >= 4 is 33.3 Å². The lowest BCUT2D eigenvalue weighted by molar-refractivity contribution is 0.0849. The smallest absolute Gasteiger partial charge is 0.170 e. The third-order valence-electron chi connectivity index (χ3n) is 3.38. The molecule has 0 amide bonds. The fourth-order valence-corrected chi connectivity index (χ4v) is 3.28. The van der Waals surface area contributed by atoms with Crippen molar-refractivity contribution in [3.05, 3.63) is 62.6 Å². The topological polar surface area (TPSA) is 26.3 Å². The molecule has 0 saturated carbocycles. The van der Waals surface area contributed by atoms with E-state index < -0.39 is 0 Å². The van der Waals surface area contributed by atoms with Gasteiger partial charge in [-0.25, -0.2) is 0 Å². The number of hydrogen-bond acceptors (Lipinski definition) is 2. The zero-order valence-electron chi connectivity index (χ0n) is 10.8. The van der Waals surface area contributed by atoms with Gasteiger partial charge in [0.25, 0.3) is 0 Å². The maximum Gasteiger partial charge on any atom is 0.170 e. The van der Waals surface area contributed by atoms with Crippen molar-refractivity contribution in [1.82, 2.24) is 0 Å². The molecule has 1 unspecified atom stereocenters. The highest BCUT2D eigenvalue weighted by Gasteiger charge is 2.28. The number of carbonyl (C=O) groups excluding carboxylic acids is 1. The maximum atomic E-state index is 12.2. The van der Waals surface area contributed by atoms with Crippen molar-refractivity contribution in [1.29, 1.82) is 0 Å². The summed E-state index contributed by atoms with van der Waals surface area (Å²) >= 11 is 9.46. The van der Waals surface area contributed by atoms with E-state index in [4.69, 9.17) is 16.3 Å². The van der Waals surface area contributed by atoms with Crippen LogP contribution in [0, 0.1) is 6.92 Å². The number of benzene rings is 2. The SMILES string of the molecule is Cc1ccc(C2CC(=O)c3cc(Cl)ccc3O2)c(Br)c1. The number of ether oxygens (including phenoxy) is 1. The number of ketones is 1. The van der Waals surface area contributed by atoms with Crippen LogP contribution in [0.3, 0.4) is 0 Å². The zero-order chi connectivity index (χ0) is 14.3. The van der Waals surface area contributed by atoms with Gasteiger partial charge in [0.1, 0.15) is 11.9 Å². The molecule has 4 heteroatoms. The number of fused-ring (bicyclic) bond motifs is 1. The minimum atomic E-state index is -0.258. The quantitative estimate of drug-likeness (QED) is 0.713. The normalized spacial score (nSPS) is 17.6. The van der Waals surface area contributed by atoms with E-state index in [2.05, 4.69) is 15.9 Å². The van der Waals surface area contributed by atoms with E-state index in [0.29, 0.717) is 22.8 Å². The van der Waals surface area contributed by atoms with E-state index in [1.807, 2.05) is 25.1 Å². The highest BCUT2D eigenvalue weighted by molar-refractivity contribution is 9.10. The Morgan fingerprint density at radius 3 is 2.80 bits per heavy atom. The highest BCUT2D eigenvalue weighted by Crippen LogP contribution is 2.38. The second kappa shape index (κ2) is 5.23. The van der Waals surface area contributed by atoms with Gasteiger partial charge < -0.3 is 4.74 Å². The van der Waals surface area contributed by atoms with Crippen molar-refractivity contribution in [2.75, 3.05) is 0 Å². The van der Waals surface area contributed by atoms with E-state index in [1.165, 1.54) is 0 Å². The van der Waals surface area contributed by atoms with Crippen molar-refractivity contribution in [3.8, 4) is 5.75 Å². The molecule has 0 aromatic heterocycles. The van der Waals surface area contributed by atoms with Gasteiger partial charge in [-0.2, -0.15) is 0 Å². The molecule has 2 aromatic rings. The summed E-state index contributed by atoms with van der Waals surface area (Å²) in [7, 11) is 0. The molecule has 2 nitrogen and oxygen atoms in total. The van der Waals surface area contributed by atoms with Gasteiger partial charge in [-0.05, 0) is 36.8 Å². The highest BCUT2D eigenvalue weighted by atomic mass is 79.9. The van der Waals surface area contributed by atoms with Crippen molar-refractivity contribution in [3.63, 3.8) is 0 Å². The van der Waals surface area contributed by atoms with E-state index in [9.17, 15) is 4.79 Å². The molecule has 20 heavy (non-hydrogen) atoms. The molecule has 1 aliphatic rings. The minimum absolute atomic E-state index is 0.0613. The summed E-state index contributed by atoms with van der Waals surface area (Å²) in [5.74, 6) is 0.661. The van der Waals surface area contributed by atoms with Gasteiger partial charge in [0.2, 0.25) is 0 Å². The standard InChI is InChI=1S/C16H12BrClO2/c1-9-2-4-11(13(17)6-9)16-8-14(19)12-7-10(18)3-5-15(12)20-16/h2-7,16H,8H2,1H3. The van der Waals surface area contributed by atoms with Gasteiger partial charge in [0.15, 0.2) is 5.78 Å². The third-order valence-corrected chi connectivity index (χ3v) is 4.31. The lowest BCUT2D eigenvalue weighted by Gasteiger charge is -2.26. The predicted molar refractivity (Wildman–Crippen MR) is 82.6 cm³/mol. The summed E-state index contributed by atoms with van der Waals surface area (Å²) in [5, 5.41) is 0.552. The first-order valence-electron chi connectivity index (χ1n) is 6.30. The van der Waals surface area contributed by atoms with Crippen LogP contribution in [-0.2, 0) is 0 Å². The van der Waals surface area contributed by atoms with Crippen LogP contribution in [0.25, 0.3) is 0 Å². The summed E-state index contributed by atoms with van der Waals surface area (Å²) in [6.45, 7) is 2.03. The van der Waals surface area contributed by atoms with E-state index in [1.54, 1.807) is 18.2 Å². The van der Waals surface area contributed by atoms with Gasteiger partial charge in [0.05, 0.1) is 12.0 Å². The van der Waals surface area contributed by atoms with Crippen molar-refractivity contribution in [2.45, 2.75) is 19.4 Å². The lowest BCUT2D eigenvalue weighted by atomic mass is 9.96. The monoisotopic (exact) mass is 350 g/mol. The molecule has 0 radical (unpaired) electrons. The van der Waals surface area contributed by atoms with Crippen molar-refractivity contribution < 1.29 is 9.53 Å². The Labute approximate surface area is 130 Å². The van der Waals surface area contributed by atoms with Crippen LogP contribution < -0.4 is 4.74 Å². The van der Waals surface area contributed by atoms with E-state index >= 15 is 0 Å². The van der Waals surface area contributed by atoms with Crippen LogP contribution in [0.1, 0.15) is 34.0 Å². The summed E-state index contributed by atoms with van der Waals surface area (Å²) in [6.07, 6.45) is 0.0702. The number of carbonyl (C=O) groups is 1. The Hall–Kier alpha value is -1.32. The van der Waals surface area contributed by atoms with Gasteiger partial charge in [-0.15, -0.1) is 0 Å². The summed E-state index contributed by atoms with van der Waals surface area (Å²) in [5.41, 5.74) is 2.72. The molecule has 102 valence electrons. The molecule has 0 aliphatic carbocycles. The van der Waals surface area contributed by atoms with Crippen LogP contribution in [0.5, 0.6) is 5.75 Å². The Bertz CT molecular complexity index is 697. The Kier molecular flexibility index (Phi) is 3.57. The van der Waals surface area contributed by atoms with Gasteiger partial charge in [-0.3, -0.25) is 4.79 Å². The molecular formula is C16H12BrClO2. The van der Waals surface area contributed by atoms with Gasteiger partial charge >= 0.3 is 0 Å². The third kappa shape index (κ3) is 2.48. The Morgan fingerprint density at radius 1 is 1.25 bits per heavy atom. The Morgan fingerprint density at radius 2 is 2.05 bits per heavy atom. The molecule has 0 N–H and O–H groups in total. The average molecular weight is 352 g/mol. The second-order valence-corrected chi connectivity index (χ2v) is 6.19. The summed E-state index contributed by atoms with van der Waals surface area (Å²) in [4.78, 5) is 12.2. The van der Waals surface area contributed by atoms with Crippen molar-refractivity contribution in [2.24, 2.45) is 0 Å². The fourth-order valence-electron chi connectivity index (χ4n) is 2.36. The molecular weight excluding hydrogens is 340 g/mol. The molecule has 0 spiro atoms. The fraction of sp³-hybridized carbons (Fsp3) is 0.188. The van der Waals surface area contributed by atoms with Crippen LogP contribution in [0.4, 0.5) is 0 Å². The molecule has 3 rings (SSSR count). The van der Waals surface area contributed by atoms with E-state index in [0.717, 1.165) is 15.6 Å². The first kappa shape index (κ1) is 13.7. The zero-order valence-corrected chi connectivity index (χ0v) is 13.2. The number of aryl methyl sites for hydroxylation is 1. The second-order valence-electron chi connectivity index (χ2n) is 4.90. The van der Waals surface area contributed by atoms with Crippen LogP contribution in [0.2, 0.25) is 5.02 Å². The summed E-state index contributed by atoms with van der Waals surface area (Å²) in [6, 6.07) is 11.2. The van der Waals surface area contributed by atoms with Crippen LogP contribution in [-0.4, -0.2) is 5.78 Å². The largest absolute Gasteiger partial charge is 0.484 e. The molecule has 1 atom stereocenters. The molecule has 0 bridgehead atoms. The van der Waals surface area contributed by atoms with Crippen LogP contribution in [0.15, 0.2) is 40.9 Å². The first-order chi connectivity index (χ1) is 9.54. The number of rotatable bonds is 1. The average Bonchev–Trinajstić information content (AvgIpc) is 2.39. The molecule has 0 saturated heterocycles. The van der Waals surface area contributed by atoms with Gasteiger partial charge in [-0.1, -0.05) is 39.7 Å². The maximum absolute atomic E-state index is 12.2.